The molecule has 0 radical (unpaired) electrons. The molecular weight excluding hydrogens is 262 g/mol. The predicted molar refractivity (Wildman–Crippen MR) is 83.0 cm³/mol. The topological polar surface area (TPSA) is 16.1 Å². The number of nitrogens with zero attached hydrogens (tertiary/aromatic N) is 2. The molecule has 0 aliphatic rings. The monoisotopic (exact) mass is 276 g/mol. The quantitative estimate of drug-likeness (QED) is 0.794. The molecule has 0 amide bonds. The van der Waals surface area contributed by atoms with E-state index in [-0.39, 0.29) is 0 Å². The highest BCUT2D eigenvalue weighted by molar-refractivity contribution is 8.22. The zero-order valence-electron chi connectivity index (χ0n) is 10.1. The summed E-state index contributed by atoms with van der Waals surface area (Å²) in [6.07, 6.45) is 3.78. The van der Waals surface area contributed by atoms with E-state index in [2.05, 4.69) is 22.0 Å². The van der Waals surface area contributed by atoms with Gasteiger partial charge in [-0.2, -0.15) is 0 Å². The minimum atomic E-state index is 0.748. The van der Waals surface area contributed by atoms with Crippen LogP contribution in [0.4, 0.5) is 5.82 Å². The van der Waals surface area contributed by atoms with E-state index in [1.165, 1.54) is 5.56 Å². The van der Waals surface area contributed by atoms with Crippen LogP contribution in [0.2, 0.25) is 0 Å². The summed E-state index contributed by atoms with van der Waals surface area (Å²) in [6.45, 7) is 0.748. The molecule has 0 unspecified atom stereocenters. The summed E-state index contributed by atoms with van der Waals surface area (Å²) in [4.78, 5) is 6.42. The van der Waals surface area contributed by atoms with Crippen LogP contribution in [-0.2, 0) is 6.54 Å². The number of thioether (sulfide) groups is 1. The van der Waals surface area contributed by atoms with E-state index in [9.17, 15) is 0 Å². The summed E-state index contributed by atoms with van der Waals surface area (Å²) in [5.74, 6) is 0.890. The number of benzene rings is 1. The van der Waals surface area contributed by atoms with Gasteiger partial charge in [-0.15, -0.1) is 0 Å². The number of hydrogen-bond donors (Lipinski definition) is 0. The van der Waals surface area contributed by atoms with Crippen molar-refractivity contribution in [3.8, 4) is 0 Å². The molecule has 0 saturated heterocycles. The summed E-state index contributed by atoms with van der Waals surface area (Å²) >= 11 is 6.97. The summed E-state index contributed by atoms with van der Waals surface area (Å²) < 4.78 is 0.831. The molecule has 2 nitrogen and oxygen atoms in total. The standard InChI is InChI=1S/C14H14N2S2/c1-18-14(17)16(13-9-5-6-10-15-13)11-12-7-3-2-4-8-12/h2-10H,11H2,1H3/i14+2. The Morgan fingerprint density at radius 1 is 1.17 bits per heavy atom. The first-order valence-corrected chi connectivity index (χ1v) is 7.25. The van der Waals surface area contributed by atoms with Crippen molar-refractivity contribution < 1.29 is 0 Å². The Morgan fingerprint density at radius 2 is 1.89 bits per heavy atom. The van der Waals surface area contributed by atoms with Crippen molar-refractivity contribution in [1.82, 2.24) is 4.98 Å². The van der Waals surface area contributed by atoms with Gasteiger partial charge < -0.3 is 4.90 Å². The Morgan fingerprint density at radius 3 is 2.50 bits per heavy atom. The fraction of sp³-hybridized carbons (Fsp3) is 0.143. The van der Waals surface area contributed by atoms with Gasteiger partial charge in [-0.05, 0) is 24.0 Å². The molecule has 0 N–H and O–H groups in total. The second kappa shape index (κ2) is 6.52. The van der Waals surface area contributed by atoms with Crippen molar-refractivity contribution in [2.24, 2.45) is 0 Å². The van der Waals surface area contributed by atoms with Crippen molar-refractivity contribution in [3.63, 3.8) is 0 Å². The summed E-state index contributed by atoms with van der Waals surface area (Å²) in [5, 5.41) is 0. The van der Waals surface area contributed by atoms with Crippen molar-refractivity contribution in [1.29, 1.82) is 0 Å². The van der Waals surface area contributed by atoms with E-state index in [1.807, 2.05) is 42.7 Å². The molecule has 0 atom stereocenters. The van der Waals surface area contributed by atoms with Gasteiger partial charge in [-0.25, -0.2) is 4.98 Å². The molecule has 0 fully saturated rings. The van der Waals surface area contributed by atoms with E-state index in [1.54, 1.807) is 18.0 Å². The van der Waals surface area contributed by atoms with Gasteiger partial charge in [0.15, 0.2) is 0 Å². The van der Waals surface area contributed by atoms with Gasteiger partial charge in [0.05, 0.1) is 6.54 Å². The van der Waals surface area contributed by atoms with Crippen LogP contribution in [0.5, 0.6) is 0 Å². The molecule has 4 heteroatoms. The minimum absolute atomic E-state index is 0.748. The first-order valence-electron chi connectivity index (χ1n) is 5.61. The van der Waals surface area contributed by atoms with Crippen molar-refractivity contribution in [3.05, 3.63) is 60.3 Å². The van der Waals surface area contributed by atoms with Gasteiger partial charge in [0.25, 0.3) is 0 Å². The van der Waals surface area contributed by atoms with Gasteiger partial charge in [-0.3, -0.25) is 0 Å². The van der Waals surface area contributed by atoms with Gasteiger partial charge in [0.1, 0.15) is 10.1 Å². The maximum atomic E-state index is 5.41. The molecule has 92 valence electrons. The smallest absolute Gasteiger partial charge is 0.142 e. The van der Waals surface area contributed by atoms with E-state index in [4.69, 9.17) is 12.2 Å². The van der Waals surface area contributed by atoms with Crippen LogP contribution in [0.3, 0.4) is 0 Å². The van der Waals surface area contributed by atoms with Crippen LogP contribution in [0.15, 0.2) is 54.7 Å². The highest BCUT2D eigenvalue weighted by atomic mass is 32.2. The molecule has 1 aromatic heterocycles. The van der Waals surface area contributed by atoms with Gasteiger partial charge in [0, 0.05) is 6.20 Å². The maximum absolute atomic E-state index is 5.41. The van der Waals surface area contributed by atoms with Crippen molar-refractivity contribution >= 4 is 34.1 Å². The largest absolute Gasteiger partial charge is 0.307 e. The zero-order valence-corrected chi connectivity index (χ0v) is 11.7. The molecule has 0 saturated carbocycles. The lowest BCUT2D eigenvalue weighted by Crippen LogP contribution is -2.27. The van der Waals surface area contributed by atoms with Gasteiger partial charge in [0.2, 0.25) is 0 Å². The van der Waals surface area contributed by atoms with Gasteiger partial charge >= 0.3 is 0 Å². The normalized spacial score (nSPS) is 10.1. The Hall–Kier alpha value is -1.39. The summed E-state index contributed by atoms with van der Waals surface area (Å²) in [7, 11) is 0. The Bertz CT molecular complexity index is 500. The fourth-order valence-electron chi connectivity index (χ4n) is 1.63. The van der Waals surface area contributed by atoms with Crippen LogP contribution in [0.25, 0.3) is 0 Å². The average molecular weight is 276 g/mol. The number of aromatic nitrogens is 1. The van der Waals surface area contributed by atoms with Crippen LogP contribution in [0, 0.1) is 0 Å². The number of rotatable bonds is 3. The number of hydrogen-bond acceptors (Lipinski definition) is 3. The SMILES string of the molecule is CS[14C](=S)N(Cc1ccccc1)c1ccccn1. The molecule has 1 aromatic carbocycles. The van der Waals surface area contributed by atoms with E-state index in [0.717, 1.165) is 16.7 Å². The first kappa shape index (κ1) is 13.1. The number of pyridine rings is 1. The molecule has 2 aromatic rings. The number of thiocarbonyl (C=S) groups is 1. The maximum Gasteiger partial charge on any atom is 0.142 e. The number of anilines is 1. The van der Waals surface area contributed by atoms with Crippen LogP contribution < -0.4 is 4.90 Å². The third-order valence-corrected chi connectivity index (χ3v) is 3.79. The average Bonchev–Trinajstić information content (AvgIpc) is 2.46. The van der Waals surface area contributed by atoms with Crippen molar-refractivity contribution in [2.75, 3.05) is 11.2 Å². The Labute approximate surface area is 117 Å². The molecule has 0 aliphatic carbocycles. The van der Waals surface area contributed by atoms with E-state index >= 15 is 0 Å². The minimum Gasteiger partial charge on any atom is -0.307 e. The summed E-state index contributed by atoms with van der Waals surface area (Å²) in [5.41, 5.74) is 1.22. The van der Waals surface area contributed by atoms with Gasteiger partial charge in [-0.1, -0.05) is 60.4 Å². The van der Waals surface area contributed by atoms with E-state index in [0.29, 0.717) is 0 Å². The third kappa shape index (κ3) is 3.31. The molecule has 0 spiro atoms. The molecule has 1 heterocycles. The third-order valence-electron chi connectivity index (χ3n) is 2.50. The molecule has 0 bridgehead atoms. The molecule has 18 heavy (non-hydrogen) atoms. The van der Waals surface area contributed by atoms with Crippen LogP contribution in [-0.4, -0.2) is 15.6 Å². The highest BCUT2D eigenvalue weighted by Gasteiger charge is 2.12. The van der Waals surface area contributed by atoms with Crippen LogP contribution >= 0.6 is 24.0 Å². The van der Waals surface area contributed by atoms with Crippen molar-refractivity contribution in [2.45, 2.75) is 6.54 Å². The molecular formula is C14H14N2S2. The predicted octanol–water partition coefficient (Wildman–Crippen LogP) is 3.74. The first-order chi connectivity index (χ1) is 8.81. The second-order valence-electron chi connectivity index (χ2n) is 3.73. The summed E-state index contributed by atoms with van der Waals surface area (Å²) in [6, 6.07) is 16.1. The highest BCUT2D eigenvalue weighted by Crippen LogP contribution is 2.18. The lowest BCUT2D eigenvalue weighted by molar-refractivity contribution is 0.994. The zero-order chi connectivity index (χ0) is 12.8. The van der Waals surface area contributed by atoms with Crippen LogP contribution in [0.1, 0.15) is 5.56 Å². The fourth-order valence-corrected chi connectivity index (χ4v) is 2.17. The lowest BCUT2D eigenvalue weighted by atomic mass is 10.2. The van der Waals surface area contributed by atoms with E-state index < -0.39 is 0 Å². The Balaban J connectivity index is 2.24. The lowest BCUT2D eigenvalue weighted by Gasteiger charge is -2.23. The second-order valence-corrected chi connectivity index (χ2v) is 5.17. The molecule has 0 aliphatic heterocycles. The Kier molecular flexibility index (Phi) is 4.73. The molecule has 2 rings (SSSR count).